The van der Waals surface area contributed by atoms with Gasteiger partial charge >= 0.3 is 6.36 Å². The molecule has 1 heterocycles. The van der Waals surface area contributed by atoms with Crippen molar-refractivity contribution in [3.8, 4) is 29.4 Å². The number of hydrogen-bond donors (Lipinski definition) is 0. The predicted molar refractivity (Wildman–Crippen MR) is 63.5 cm³/mol. The number of hydrogen-bond acceptors (Lipinski definition) is 2. The fraction of sp³-hybridized carbons (Fsp3) is 0.143. The van der Waals surface area contributed by atoms with Gasteiger partial charge in [0, 0.05) is 5.56 Å². The highest BCUT2D eigenvalue weighted by molar-refractivity contribution is 5.63. The van der Waals surface area contributed by atoms with Crippen LogP contribution in [-0.4, -0.2) is 6.36 Å². The molecule has 0 unspecified atom stereocenters. The summed E-state index contributed by atoms with van der Waals surface area (Å²) in [6.07, 6.45) is 0.353. The minimum atomic E-state index is -4.79. The molecule has 2 nitrogen and oxygen atoms in total. The molecule has 0 spiro atoms. The van der Waals surface area contributed by atoms with E-state index in [4.69, 9.17) is 10.8 Å². The molecule has 5 heteroatoms. The molecule has 1 aromatic heterocycles. The molecule has 0 aliphatic rings. The van der Waals surface area contributed by atoms with Crippen molar-refractivity contribution in [1.82, 2.24) is 0 Å². The first-order valence-corrected chi connectivity index (χ1v) is 5.32. The molecule has 0 bridgehead atoms. The van der Waals surface area contributed by atoms with Gasteiger partial charge < -0.3 is 9.15 Å². The van der Waals surface area contributed by atoms with Gasteiger partial charge in [0.15, 0.2) is 0 Å². The Balaban J connectivity index is 2.44. The summed E-state index contributed by atoms with van der Waals surface area (Å²) in [5, 5.41) is 0. The Kier molecular flexibility index (Phi) is 3.26. The second-order valence-electron chi connectivity index (χ2n) is 3.81. The van der Waals surface area contributed by atoms with Crippen molar-refractivity contribution in [2.45, 2.75) is 13.3 Å². The third-order valence-corrected chi connectivity index (χ3v) is 2.39. The van der Waals surface area contributed by atoms with Crippen molar-refractivity contribution < 1.29 is 22.3 Å². The summed E-state index contributed by atoms with van der Waals surface area (Å²) in [5.41, 5.74) is 0.496. The SMILES string of the molecule is C#Cc1ccc(-c2ccc(C)o2)cc1OC(F)(F)F. The van der Waals surface area contributed by atoms with Crippen molar-refractivity contribution in [3.63, 3.8) is 0 Å². The largest absolute Gasteiger partial charge is 0.573 e. The normalized spacial score (nSPS) is 11.1. The smallest absolute Gasteiger partial charge is 0.461 e. The van der Waals surface area contributed by atoms with Crippen molar-refractivity contribution in [2.75, 3.05) is 0 Å². The summed E-state index contributed by atoms with van der Waals surface area (Å²) in [7, 11) is 0. The molecule has 0 amide bonds. The standard InChI is InChI=1S/C14H9F3O2/c1-3-10-5-6-11(12-7-4-9(2)18-12)8-13(10)19-14(15,16)17/h1,4-8H,2H3. The van der Waals surface area contributed by atoms with Crippen LogP contribution in [0.4, 0.5) is 13.2 Å². The van der Waals surface area contributed by atoms with Gasteiger partial charge in [-0.25, -0.2) is 0 Å². The predicted octanol–water partition coefficient (Wildman–Crippen LogP) is 4.13. The highest BCUT2D eigenvalue weighted by Crippen LogP contribution is 2.31. The Bertz CT molecular complexity index is 633. The second-order valence-corrected chi connectivity index (χ2v) is 3.81. The molecule has 0 fully saturated rings. The van der Waals surface area contributed by atoms with Crippen LogP contribution < -0.4 is 4.74 Å². The number of rotatable bonds is 2. The second kappa shape index (κ2) is 4.73. The minimum absolute atomic E-state index is 0.0318. The van der Waals surface area contributed by atoms with Crippen LogP contribution in [0.2, 0.25) is 0 Å². The molecule has 0 saturated carbocycles. The Morgan fingerprint density at radius 1 is 1.21 bits per heavy atom. The highest BCUT2D eigenvalue weighted by atomic mass is 19.4. The molecule has 0 radical (unpaired) electrons. The van der Waals surface area contributed by atoms with E-state index in [1.165, 1.54) is 12.1 Å². The van der Waals surface area contributed by atoms with Crippen LogP contribution in [-0.2, 0) is 0 Å². The van der Waals surface area contributed by atoms with Crippen LogP contribution in [0.5, 0.6) is 5.75 Å². The van der Waals surface area contributed by atoms with E-state index in [1.54, 1.807) is 25.1 Å². The number of ether oxygens (including phenoxy) is 1. The third-order valence-electron chi connectivity index (χ3n) is 2.39. The lowest BCUT2D eigenvalue weighted by Gasteiger charge is -2.11. The molecular weight excluding hydrogens is 257 g/mol. The molecule has 0 atom stereocenters. The van der Waals surface area contributed by atoms with Crippen LogP contribution in [0.15, 0.2) is 34.7 Å². The van der Waals surface area contributed by atoms with Crippen LogP contribution in [0.25, 0.3) is 11.3 Å². The molecule has 2 aromatic rings. The van der Waals surface area contributed by atoms with Gasteiger partial charge in [-0.3, -0.25) is 0 Å². The Morgan fingerprint density at radius 3 is 2.47 bits per heavy atom. The van der Waals surface area contributed by atoms with Crippen LogP contribution in [0, 0.1) is 19.3 Å². The van der Waals surface area contributed by atoms with Crippen LogP contribution >= 0.6 is 0 Å². The number of alkyl halides is 3. The van der Waals surface area contributed by atoms with Crippen LogP contribution in [0.3, 0.4) is 0 Å². The number of furan rings is 1. The minimum Gasteiger partial charge on any atom is -0.461 e. The average molecular weight is 266 g/mol. The summed E-state index contributed by atoms with van der Waals surface area (Å²) in [6, 6.07) is 7.55. The fourth-order valence-corrected chi connectivity index (χ4v) is 1.59. The monoisotopic (exact) mass is 266 g/mol. The molecule has 0 saturated heterocycles. The van der Waals surface area contributed by atoms with Crippen LogP contribution in [0.1, 0.15) is 11.3 Å². The lowest BCUT2D eigenvalue weighted by molar-refractivity contribution is -0.274. The molecule has 98 valence electrons. The highest BCUT2D eigenvalue weighted by Gasteiger charge is 2.32. The molecule has 2 rings (SSSR count). The molecule has 19 heavy (non-hydrogen) atoms. The van der Waals surface area contributed by atoms with E-state index in [9.17, 15) is 13.2 Å². The van der Waals surface area contributed by atoms with E-state index >= 15 is 0 Å². The van der Waals surface area contributed by atoms with E-state index in [1.807, 2.05) is 0 Å². The van der Waals surface area contributed by atoms with Gasteiger partial charge in [-0.05, 0) is 37.3 Å². The van der Waals surface area contributed by atoms with Gasteiger partial charge in [-0.2, -0.15) is 0 Å². The average Bonchev–Trinajstić information content (AvgIpc) is 2.74. The number of halogens is 3. The van der Waals surface area contributed by atoms with Crippen molar-refractivity contribution in [1.29, 1.82) is 0 Å². The summed E-state index contributed by atoms with van der Waals surface area (Å²) in [5.74, 6) is 2.84. The van der Waals surface area contributed by atoms with Crippen molar-refractivity contribution in [3.05, 3.63) is 41.7 Å². The quantitative estimate of drug-likeness (QED) is 0.762. The van der Waals surface area contributed by atoms with E-state index in [0.29, 0.717) is 17.1 Å². The van der Waals surface area contributed by atoms with E-state index in [0.717, 1.165) is 0 Å². The number of terminal acetylenes is 1. The molecular formula is C14H9F3O2. The topological polar surface area (TPSA) is 22.4 Å². The van der Waals surface area contributed by atoms with E-state index in [-0.39, 0.29) is 5.56 Å². The zero-order chi connectivity index (χ0) is 14.0. The maximum Gasteiger partial charge on any atom is 0.573 e. The summed E-state index contributed by atoms with van der Waals surface area (Å²) in [4.78, 5) is 0. The van der Waals surface area contributed by atoms with Crippen molar-refractivity contribution in [2.24, 2.45) is 0 Å². The molecule has 0 aliphatic heterocycles. The van der Waals surface area contributed by atoms with E-state index in [2.05, 4.69) is 10.7 Å². The first kappa shape index (κ1) is 13.1. The van der Waals surface area contributed by atoms with Gasteiger partial charge in [-0.1, -0.05) is 5.92 Å². The lowest BCUT2D eigenvalue weighted by Crippen LogP contribution is -2.17. The summed E-state index contributed by atoms with van der Waals surface area (Å²) in [6.45, 7) is 1.74. The van der Waals surface area contributed by atoms with Gasteiger partial charge in [-0.15, -0.1) is 19.6 Å². The zero-order valence-corrected chi connectivity index (χ0v) is 9.91. The third kappa shape index (κ3) is 3.10. The summed E-state index contributed by atoms with van der Waals surface area (Å²) >= 11 is 0. The molecule has 0 aliphatic carbocycles. The first-order chi connectivity index (χ1) is 8.89. The van der Waals surface area contributed by atoms with Gasteiger partial charge in [0.05, 0.1) is 5.56 Å². The maximum atomic E-state index is 12.3. The molecule has 0 N–H and O–H groups in total. The zero-order valence-electron chi connectivity index (χ0n) is 9.91. The van der Waals surface area contributed by atoms with Crippen molar-refractivity contribution >= 4 is 0 Å². The molecule has 1 aromatic carbocycles. The van der Waals surface area contributed by atoms with Gasteiger partial charge in [0.1, 0.15) is 17.3 Å². The number of benzene rings is 1. The summed E-state index contributed by atoms with van der Waals surface area (Å²) < 4.78 is 46.1. The first-order valence-electron chi connectivity index (χ1n) is 5.32. The van der Waals surface area contributed by atoms with Gasteiger partial charge in [0.2, 0.25) is 0 Å². The Labute approximate surface area is 107 Å². The maximum absolute atomic E-state index is 12.3. The Morgan fingerprint density at radius 2 is 1.95 bits per heavy atom. The lowest BCUT2D eigenvalue weighted by atomic mass is 10.1. The van der Waals surface area contributed by atoms with Gasteiger partial charge in [0.25, 0.3) is 0 Å². The Hall–Kier alpha value is -2.35. The number of aryl methyl sites for hydroxylation is 1. The fourth-order valence-electron chi connectivity index (χ4n) is 1.59. The van der Waals surface area contributed by atoms with E-state index < -0.39 is 12.1 Å².